The van der Waals surface area contributed by atoms with Crippen LogP contribution in [0.25, 0.3) is 0 Å². The molecule has 1 N–H and O–H groups in total. The van der Waals surface area contributed by atoms with Gasteiger partial charge in [0.15, 0.2) is 0 Å². The molecule has 1 saturated carbocycles. The highest BCUT2D eigenvalue weighted by Gasteiger charge is 2.68. The van der Waals surface area contributed by atoms with Gasteiger partial charge in [0.25, 0.3) is 0 Å². The fraction of sp³-hybridized carbons (Fsp3) is 0.737. The lowest BCUT2D eigenvalue weighted by Crippen LogP contribution is -2.34. The van der Waals surface area contributed by atoms with Crippen molar-refractivity contribution in [1.29, 1.82) is 0 Å². The van der Waals surface area contributed by atoms with Crippen molar-refractivity contribution in [2.75, 3.05) is 27.2 Å². The van der Waals surface area contributed by atoms with E-state index in [9.17, 15) is 4.79 Å². The molecule has 4 nitrogen and oxygen atoms in total. The highest BCUT2D eigenvalue weighted by atomic mass is 16.2. The minimum absolute atomic E-state index is 0. The number of likely N-dealkylation sites (tertiary alicyclic amines) is 1. The van der Waals surface area contributed by atoms with Crippen molar-refractivity contribution < 1.29 is 6.22 Å². The van der Waals surface area contributed by atoms with E-state index in [1.165, 1.54) is 18.5 Å². The summed E-state index contributed by atoms with van der Waals surface area (Å²) in [6.45, 7) is 13.0. The zero-order valence-corrected chi connectivity index (χ0v) is 15.9. The standard InChI is InChI=1S/C19H33N3O.H2/c1-8-14(22-11-9-10-12-22)13-15(21(6)7)20-17(23)16-18(2,3)19(16,4)5;/h8,13,16H,9-12H2,1-7H3,(H,20,23);1H/b14-8+,15-13-;. The Hall–Kier alpha value is -1.45. The van der Waals surface area contributed by atoms with E-state index in [0.717, 1.165) is 18.9 Å². The SMILES string of the molecule is C/C=C(\C=C(\NC(=O)C1C(C)(C)C1(C)C)N(C)C)N1CCCC1.[HH]. The van der Waals surface area contributed by atoms with Crippen LogP contribution in [-0.2, 0) is 4.79 Å². The Labute approximate surface area is 143 Å². The largest absolute Gasteiger partial charge is 0.372 e. The molecule has 0 aromatic heterocycles. The lowest BCUT2D eigenvalue weighted by Gasteiger charge is -2.23. The number of hydrogen-bond acceptors (Lipinski definition) is 3. The van der Waals surface area contributed by atoms with E-state index in [1.807, 2.05) is 19.0 Å². The van der Waals surface area contributed by atoms with Crippen molar-refractivity contribution in [3.8, 4) is 0 Å². The summed E-state index contributed by atoms with van der Waals surface area (Å²) in [5.74, 6) is 1.07. The van der Waals surface area contributed by atoms with Gasteiger partial charge in [0.2, 0.25) is 5.91 Å². The smallest absolute Gasteiger partial charge is 0.229 e. The molecule has 0 radical (unpaired) electrons. The van der Waals surface area contributed by atoms with Gasteiger partial charge in [-0.1, -0.05) is 33.8 Å². The molecule has 132 valence electrons. The number of nitrogens with one attached hydrogen (secondary N) is 1. The Balaban J connectivity index is 0.00000288. The lowest BCUT2D eigenvalue weighted by atomic mass is 10.0. The zero-order valence-electron chi connectivity index (χ0n) is 15.9. The van der Waals surface area contributed by atoms with E-state index in [1.54, 1.807) is 0 Å². The molecular formula is C19H35N3O. The van der Waals surface area contributed by atoms with E-state index in [0.29, 0.717) is 0 Å². The summed E-state index contributed by atoms with van der Waals surface area (Å²) in [5.41, 5.74) is 1.32. The first-order valence-electron chi connectivity index (χ1n) is 8.74. The summed E-state index contributed by atoms with van der Waals surface area (Å²) in [6.07, 6.45) is 6.73. The second-order valence-electron chi connectivity index (χ2n) is 8.20. The second-order valence-corrected chi connectivity index (χ2v) is 8.20. The molecule has 1 aliphatic heterocycles. The van der Waals surface area contributed by atoms with E-state index < -0.39 is 0 Å². The van der Waals surface area contributed by atoms with Gasteiger partial charge >= 0.3 is 0 Å². The van der Waals surface area contributed by atoms with E-state index in [-0.39, 0.29) is 24.1 Å². The highest BCUT2D eigenvalue weighted by molar-refractivity contribution is 5.85. The van der Waals surface area contributed by atoms with E-state index in [4.69, 9.17) is 0 Å². The van der Waals surface area contributed by atoms with Gasteiger partial charge in [-0.3, -0.25) is 4.79 Å². The van der Waals surface area contributed by atoms with Crippen molar-refractivity contribution in [3.63, 3.8) is 0 Å². The third-order valence-electron chi connectivity index (χ3n) is 6.07. The van der Waals surface area contributed by atoms with Crippen molar-refractivity contribution in [1.82, 2.24) is 15.1 Å². The Kier molecular flexibility index (Phi) is 4.84. The molecule has 2 aliphatic rings. The van der Waals surface area contributed by atoms with Gasteiger partial charge in [-0.2, -0.15) is 0 Å². The third-order valence-corrected chi connectivity index (χ3v) is 6.07. The normalized spacial score (nSPS) is 23.9. The first kappa shape index (κ1) is 17.9. The van der Waals surface area contributed by atoms with Crippen LogP contribution < -0.4 is 5.32 Å². The molecule has 1 saturated heterocycles. The summed E-state index contributed by atoms with van der Waals surface area (Å²) in [5, 5.41) is 3.16. The van der Waals surface area contributed by atoms with Crippen LogP contribution in [0.3, 0.4) is 0 Å². The number of allylic oxidation sites excluding steroid dienone is 2. The average Bonchev–Trinajstić information content (AvgIpc) is 2.85. The second kappa shape index (κ2) is 6.21. The number of carbonyl (C=O) groups is 1. The Morgan fingerprint density at radius 1 is 1.17 bits per heavy atom. The van der Waals surface area contributed by atoms with E-state index in [2.05, 4.69) is 57.0 Å². The average molecular weight is 322 g/mol. The molecule has 0 aromatic rings. The predicted octanol–water partition coefficient (Wildman–Crippen LogP) is 3.43. The first-order valence-corrected chi connectivity index (χ1v) is 8.74. The number of hydrogen-bond donors (Lipinski definition) is 1. The maximum absolute atomic E-state index is 12.7. The molecule has 4 heteroatoms. The molecule has 0 atom stereocenters. The van der Waals surface area contributed by atoms with Crippen LogP contribution in [0.4, 0.5) is 0 Å². The van der Waals surface area contributed by atoms with Gasteiger partial charge in [0, 0.05) is 46.3 Å². The van der Waals surface area contributed by atoms with Crippen molar-refractivity contribution >= 4 is 5.91 Å². The fourth-order valence-corrected chi connectivity index (χ4v) is 3.80. The van der Waals surface area contributed by atoms with Crippen LogP contribution in [0.1, 0.15) is 48.9 Å². The van der Waals surface area contributed by atoms with Crippen LogP contribution in [0.15, 0.2) is 23.7 Å². The van der Waals surface area contributed by atoms with Crippen LogP contribution in [0.2, 0.25) is 0 Å². The van der Waals surface area contributed by atoms with Gasteiger partial charge in [0.1, 0.15) is 5.82 Å². The first-order chi connectivity index (χ1) is 10.6. The Bertz CT molecular complexity index is 515. The summed E-state index contributed by atoms with van der Waals surface area (Å²) < 4.78 is 0. The quantitative estimate of drug-likeness (QED) is 0.788. The molecule has 2 rings (SSSR count). The van der Waals surface area contributed by atoms with Crippen molar-refractivity contribution in [3.05, 3.63) is 23.7 Å². The Morgan fingerprint density at radius 2 is 1.70 bits per heavy atom. The molecule has 1 heterocycles. The molecule has 0 aromatic carbocycles. The molecule has 2 fully saturated rings. The van der Waals surface area contributed by atoms with Gasteiger partial charge in [-0.05, 0) is 30.6 Å². The summed E-state index contributed by atoms with van der Waals surface area (Å²) in [6, 6.07) is 0. The fourth-order valence-electron chi connectivity index (χ4n) is 3.80. The van der Waals surface area contributed by atoms with Crippen LogP contribution in [-0.4, -0.2) is 42.9 Å². The third kappa shape index (κ3) is 3.26. The van der Waals surface area contributed by atoms with Gasteiger partial charge < -0.3 is 15.1 Å². The monoisotopic (exact) mass is 321 g/mol. The van der Waals surface area contributed by atoms with Crippen molar-refractivity contribution in [2.45, 2.75) is 47.5 Å². The van der Waals surface area contributed by atoms with E-state index >= 15 is 0 Å². The predicted molar refractivity (Wildman–Crippen MR) is 97.6 cm³/mol. The summed E-state index contributed by atoms with van der Waals surface area (Å²) in [7, 11) is 3.96. The highest BCUT2D eigenvalue weighted by Crippen LogP contribution is 2.68. The van der Waals surface area contributed by atoms with Gasteiger partial charge in [-0.25, -0.2) is 0 Å². The maximum atomic E-state index is 12.7. The van der Waals surface area contributed by atoms with Gasteiger partial charge in [0.05, 0.1) is 0 Å². The molecule has 0 spiro atoms. The van der Waals surface area contributed by atoms with Crippen molar-refractivity contribution in [2.24, 2.45) is 16.7 Å². The van der Waals surface area contributed by atoms with Crippen LogP contribution >= 0.6 is 0 Å². The summed E-state index contributed by atoms with van der Waals surface area (Å²) in [4.78, 5) is 17.1. The minimum atomic E-state index is 0. The molecule has 23 heavy (non-hydrogen) atoms. The Morgan fingerprint density at radius 3 is 2.09 bits per heavy atom. The molecule has 1 aliphatic carbocycles. The molecule has 0 unspecified atom stereocenters. The lowest BCUT2D eigenvalue weighted by molar-refractivity contribution is -0.123. The molecular weight excluding hydrogens is 286 g/mol. The number of amides is 1. The molecule has 0 bridgehead atoms. The number of rotatable bonds is 5. The maximum Gasteiger partial charge on any atom is 0.229 e. The minimum Gasteiger partial charge on any atom is -0.372 e. The number of nitrogens with zero attached hydrogens (tertiary/aromatic N) is 2. The zero-order chi connectivity index (χ0) is 17.4. The van der Waals surface area contributed by atoms with Crippen LogP contribution in [0, 0.1) is 16.7 Å². The number of carbonyl (C=O) groups excluding carboxylic acids is 1. The molecule has 1 amide bonds. The van der Waals surface area contributed by atoms with Crippen LogP contribution in [0.5, 0.6) is 0 Å². The topological polar surface area (TPSA) is 35.6 Å². The summed E-state index contributed by atoms with van der Waals surface area (Å²) >= 11 is 0. The van der Waals surface area contributed by atoms with Gasteiger partial charge in [-0.15, -0.1) is 0 Å².